The number of ether oxygens (including phenoxy) is 2. The first-order valence-electron chi connectivity index (χ1n) is 9.13. The van der Waals surface area contributed by atoms with Gasteiger partial charge < -0.3 is 24.8 Å². The van der Waals surface area contributed by atoms with Gasteiger partial charge in [0.1, 0.15) is 17.3 Å². The van der Waals surface area contributed by atoms with Gasteiger partial charge in [-0.25, -0.2) is 4.98 Å². The minimum absolute atomic E-state index is 0.202. The molecular formula is C21H22N4O3. The molecule has 0 bridgehead atoms. The zero-order chi connectivity index (χ0) is 19.3. The van der Waals surface area contributed by atoms with Crippen LogP contribution >= 0.6 is 0 Å². The number of benzene rings is 2. The molecule has 2 aromatic carbocycles. The number of aromatic hydroxyl groups is 1. The second-order valence-electron chi connectivity index (χ2n) is 6.44. The Morgan fingerprint density at radius 2 is 1.82 bits per heavy atom. The van der Waals surface area contributed by atoms with Crippen molar-refractivity contribution in [2.45, 2.75) is 0 Å². The molecule has 2 heterocycles. The molecule has 1 aliphatic heterocycles. The molecule has 0 aliphatic carbocycles. The molecule has 1 fully saturated rings. The highest BCUT2D eigenvalue weighted by Crippen LogP contribution is 2.27. The fourth-order valence-electron chi connectivity index (χ4n) is 3.04. The summed E-state index contributed by atoms with van der Waals surface area (Å²) < 4.78 is 10.7. The first-order chi connectivity index (χ1) is 13.7. The summed E-state index contributed by atoms with van der Waals surface area (Å²) >= 11 is 0. The van der Waals surface area contributed by atoms with Gasteiger partial charge in [0.2, 0.25) is 5.95 Å². The standard InChI is InChI=1S/C21H22N4O3/c1-27-18-7-5-16(6-8-18)22-20-14-19(15-3-2-4-17(26)13-15)23-21(24-20)25-9-11-28-12-10-25/h2-8,13-14,26H,9-12H2,1H3,(H,22,23,24). The lowest BCUT2D eigenvalue weighted by atomic mass is 10.1. The topological polar surface area (TPSA) is 79.7 Å². The van der Waals surface area contributed by atoms with Crippen LogP contribution in [-0.4, -0.2) is 48.5 Å². The number of morpholine rings is 1. The van der Waals surface area contributed by atoms with Gasteiger partial charge in [-0.3, -0.25) is 0 Å². The smallest absolute Gasteiger partial charge is 0.228 e. The minimum Gasteiger partial charge on any atom is -0.508 e. The SMILES string of the molecule is COc1ccc(Nc2cc(-c3cccc(O)c3)nc(N3CCOCC3)n2)cc1. The summed E-state index contributed by atoms with van der Waals surface area (Å²) in [5.41, 5.74) is 2.47. The summed E-state index contributed by atoms with van der Waals surface area (Å²) in [6, 6.07) is 16.6. The summed E-state index contributed by atoms with van der Waals surface area (Å²) in [4.78, 5) is 11.5. The van der Waals surface area contributed by atoms with Crippen molar-refractivity contribution in [1.82, 2.24) is 9.97 Å². The largest absolute Gasteiger partial charge is 0.508 e. The Bertz CT molecular complexity index is 941. The molecule has 0 radical (unpaired) electrons. The van der Waals surface area contributed by atoms with Gasteiger partial charge in [0, 0.05) is 30.4 Å². The van der Waals surface area contributed by atoms with Crippen LogP contribution in [0.4, 0.5) is 17.5 Å². The Morgan fingerprint density at radius 1 is 1.04 bits per heavy atom. The molecule has 144 valence electrons. The van der Waals surface area contributed by atoms with E-state index in [2.05, 4.69) is 10.2 Å². The zero-order valence-electron chi connectivity index (χ0n) is 15.6. The molecule has 0 saturated carbocycles. The first-order valence-corrected chi connectivity index (χ1v) is 9.13. The van der Waals surface area contributed by atoms with E-state index in [4.69, 9.17) is 19.4 Å². The normalized spacial score (nSPS) is 14.0. The van der Waals surface area contributed by atoms with Crippen LogP contribution in [-0.2, 0) is 4.74 Å². The maximum atomic E-state index is 9.85. The fraction of sp³-hybridized carbons (Fsp3) is 0.238. The number of rotatable bonds is 5. The fourth-order valence-corrected chi connectivity index (χ4v) is 3.04. The molecule has 3 aromatic rings. The number of phenols is 1. The maximum absolute atomic E-state index is 9.85. The van der Waals surface area contributed by atoms with Crippen molar-refractivity contribution in [3.8, 4) is 22.8 Å². The first kappa shape index (κ1) is 18.1. The third-order valence-corrected chi connectivity index (χ3v) is 4.51. The molecule has 7 heteroatoms. The molecule has 1 aromatic heterocycles. The van der Waals surface area contributed by atoms with Crippen molar-refractivity contribution in [2.24, 2.45) is 0 Å². The Hall–Kier alpha value is -3.32. The van der Waals surface area contributed by atoms with Crippen LogP contribution in [0.1, 0.15) is 0 Å². The number of hydrogen-bond donors (Lipinski definition) is 2. The van der Waals surface area contributed by atoms with Crippen LogP contribution < -0.4 is 15.0 Å². The number of nitrogens with zero attached hydrogens (tertiary/aromatic N) is 3. The average Bonchev–Trinajstić information content (AvgIpc) is 2.75. The van der Waals surface area contributed by atoms with E-state index >= 15 is 0 Å². The molecule has 7 nitrogen and oxygen atoms in total. The van der Waals surface area contributed by atoms with E-state index < -0.39 is 0 Å². The Morgan fingerprint density at radius 3 is 2.54 bits per heavy atom. The lowest BCUT2D eigenvalue weighted by molar-refractivity contribution is 0.122. The predicted octanol–water partition coefficient (Wildman–Crippen LogP) is 3.44. The number of methoxy groups -OCH3 is 1. The highest BCUT2D eigenvalue weighted by Gasteiger charge is 2.16. The lowest BCUT2D eigenvalue weighted by Crippen LogP contribution is -2.37. The van der Waals surface area contributed by atoms with E-state index in [1.807, 2.05) is 36.4 Å². The van der Waals surface area contributed by atoms with Crippen LogP contribution in [0.25, 0.3) is 11.3 Å². The number of hydrogen-bond acceptors (Lipinski definition) is 7. The van der Waals surface area contributed by atoms with Crippen LogP contribution in [0.2, 0.25) is 0 Å². The van der Waals surface area contributed by atoms with E-state index in [1.165, 1.54) is 0 Å². The van der Waals surface area contributed by atoms with E-state index in [0.717, 1.165) is 35.8 Å². The summed E-state index contributed by atoms with van der Waals surface area (Å²) in [7, 11) is 1.64. The second-order valence-corrected chi connectivity index (χ2v) is 6.44. The van der Waals surface area contributed by atoms with Gasteiger partial charge >= 0.3 is 0 Å². The van der Waals surface area contributed by atoms with Gasteiger partial charge in [-0.2, -0.15) is 4.98 Å². The summed E-state index contributed by atoms with van der Waals surface area (Å²) in [6.45, 7) is 2.79. The molecule has 0 atom stereocenters. The molecule has 0 spiro atoms. The summed E-state index contributed by atoms with van der Waals surface area (Å²) in [5.74, 6) is 2.32. The van der Waals surface area contributed by atoms with Gasteiger partial charge in [-0.1, -0.05) is 12.1 Å². The molecule has 1 aliphatic rings. The summed E-state index contributed by atoms with van der Waals surface area (Å²) in [6.07, 6.45) is 0. The van der Waals surface area contributed by atoms with Gasteiger partial charge in [0.25, 0.3) is 0 Å². The molecule has 4 rings (SSSR count). The molecule has 2 N–H and O–H groups in total. The molecule has 1 saturated heterocycles. The van der Waals surface area contributed by atoms with Crippen molar-refractivity contribution in [2.75, 3.05) is 43.6 Å². The number of nitrogens with one attached hydrogen (secondary N) is 1. The number of aromatic nitrogens is 2. The Balaban J connectivity index is 1.70. The van der Waals surface area contributed by atoms with Crippen molar-refractivity contribution in [3.05, 3.63) is 54.6 Å². The molecular weight excluding hydrogens is 356 g/mol. The monoisotopic (exact) mass is 378 g/mol. The molecule has 0 unspecified atom stereocenters. The average molecular weight is 378 g/mol. The highest BCUT2D eigenvalue weighted by atomic mass is 16.5. The third-order valence-electron chi connectivity index (χ3n) is 4.51. The van der Waals surface area contributed by atoms with E-state index in [0.29, 0.717) is 25.0 Å². The van der Waals surface area contributed by atoms with Crippen molar-refractivity contribution < 1.29 is 14.6 Å². The van der Waals surface area contributed by atoms with Crippen LogP contribution in [0.5, 0.6) is 11.5 Å². The second kappa shape index (κ2) is 8.14. The van der Waals surface area contributed by atoms with Gasteiger partial charge in [-0.05, 0) is 36.4 Å². The van der Waals surface area contributed by atoms with Crippen LogP contribution in [0.3, 0.4) is 0 Å². The van der Waals surface area contributed by atoms with Crippen LogP contribution in [0, 0.1) is 0 Å². The third kappa shape index (κ3) is 4.15. The van der Waals surface area contributed by atoms with Gasteiger partial charge in [0.15, 0.2) is 0 Å². The van der Waals surface area contributed by atoms with Gasteiger partial charge in [0.05, 0.1) is 26.0 Å². The minimum atomic E-state index is 0.202. The van der Waals surface area contributed by atoms with E-state index in [9.17, 15) is 5.11 Å². The number of phenolic OH excluding ortho intramolecular Hbond substituents is 1. The van der Waals surface area contributed by atoms with Crippen molar-refractivity contribution in [1.29, 1.82) is 0 Å². The zero-order valence-corrected chi connectivity index (χ0v) is 15.6. The lowest BCUT2D eigenvalue weighted by Gasteiger charge is -2.27. The number of anilines is 3. The Labute approximate surface area is 163 Å². The van der Waals surface area contributed by atoms with E-state index in [-0.39, 0.29) is 5.75 Å². The quantitative estimate of drug-likeness (QED) is 0.704. The summed E-state index contributed by atoms with van der Waals surface area (Å²) in [5, 5.41) is 13.2. The predicted molar refractivity (Wildman–Crippen MR) is 108 cm³/mol. The maximum Gasteiger partial charge on any atom is 0.228 e. The van der Waals surface area contributed by atoms with E-state index in [1.54, 1.807) is 25.3 Å². The van der Waals surface area contributed by atoms with Crippen molar-refractivity contribution >= 4 is 17.5 Å². The molecule has 28 heavy (non-hydrogen) atoms. The van der Waals surface area contributed by atoms with Crippen molar-refractivity contribution in [3.63, 3.8) is 0 Å². The Kier molecular flexibility index (Phi) is 5.25. The van der Waals surface area contributed by atoms with Crippen LogP contribution in [0.15, 0.2) is 54.6 Å². The molecule has 0 amide bonds. The van der Waals surface area contributed by atoms with Gasteiger partial charge in [-0.15, -0.1) is 0 Å². The highest BCUT2D eigenvalue weighted by molar-refractivity contribution is 5.68.